The smallest absolute Gasteiger partial charge is 0.444 e. The van der Waals surface area contributed by atoms with Gasteiger partial charge < -0.3 is 10.1 Å². The van der Waals surface area contributed by atoms with Crippen LogP contribution in [0, 0.1) is 0 Å². The Bertz CT molecular complexity index is 1060. The lowest BCUT2D eigenvalue weighted by Crippen LogP contribution is -2.37. The zero-order chi connectivity index (χ0) is 31.5. The van der Waals surface area contributed by atoms with Crippen LogP contribution in [0.15, 0.2) is 54.0 Å². The van der Waals surface area contributed by atoms with Crippen molar-refractivity contribution in [3.8, 4) is 0 Å². The fourth-order valence-electron chi connectivity index (χ4n) is 3.11. The Hall–Kier alpha value is -3.63. The third-order valence-electron chi connectivity index (χ3n) is 4.89. The number of Topliss-reactive ketones (excluding diaryl/α,β-unsaturated/α-hetero) is 1. The molecule has 3 heterocycles. The van der Waals surface area contributed by atoms with Crippen molar-refractivity contribution in [1.29, 1.82) is 0 Å². The van der Waals surface area contributed by atoms with E-state index in [1.54, 1.807) is 31.5 Å². The van der Waals surface area contributed by atoms with Crippen LogP contribution in [0.4, 0.5) is 18.0 Å². The van der Waals surface area contributed by atoms with Gasteiger partial charge >= 0.3 is 12.3 Å². The number of nitrogens with zero attached hydrogens (tertiary/aromatic N) is 3. The number of amides is 1. The first-order valence-corrected chi connectivity index (χ1v) is 12.8. The highest BCUT2D eigenvalue weighted by Gasteiger charge is 2.25. The average molecular weight is 568 g/mol. The summed E-state index contributed by atoms with van der Waals surface area (Å²) in [7, 11) is 0. The molecule has 3 rings (SSSR count). The first-order chi connectivity index (χ1) is 19.1. The number of ketones is 1. The Labute approximate surface area is 236 Å². The lowest BCUT2D eigenvalue weighted by molar-refractivity contribution is -0.156. The molecular formula is C29H41F3N4O4. The summed E-state index contributed by atoms with van der Waals surface area (Å²) < 4.78 is 42.6. The highest BCUT2D eigenvalue weighted by atomic mass is 19.4. The van der Waals surface area contributed by atoms with Gasteiger partial charge in [-0.3, -0.25) is 24.5 Å². The minimum atomic E-state index is -4.64. The number of aldehydes is 1. The number of aliphatic imine (C=N–C) groups is 1. The molecular weight excluding hydrogens is 525 g/mol. The van der Waals surface area contributed by atoms with Gasteiger partial charge in [0, 0.05) is 55.9 Å². The van der Waals surface area contributed by atoms with E-state index in [2.05, 4.69) is 27.2 Å². The van der Waals surface area contributed by atoms with Crippen molar-refractivity contribution < 1.29 is 33.7 Å². The standard InChI is InChI=1S/C15H22N2O3.C10H12N2.C2HF3O.C2H6/c1-11(17-14(19)20-15(2,3)4)5-6-13(18)12-7-9-16-10-8-12;1-8-2-3-10(12-8)9-4-6-11-7-5-9;3-2(4,5)1-6;1-2/h7-11H,5-6H2,1-4H3,(H,17,19);4-8H,2-3H2,1H3;1H;1-2H3/t11-;8-;;/m00../s1/i;;;1D. The predicted molar refractivity (Wildman–Crippen MR) is 150 cm³/mol. The van der Waals surface area contributed by atoms with E-state index >= 15 is 0 Å². The lowest BCUT2D eigenvalue weighted by Gasteiger charge is -2.21. The van der Waals surface area contributed by atoms with E-state index in [-0.39, 0.29) is 11.8 Å². The minimum Gasteiger partial charge on any atom is -0.444 e. The Kier molecular flexibility index (Phi) is 16.0. The summed E-state index contributed by atoms with van der Waals surface area (Å²) in [6, 6.07) is 7.82. The van der Waals surface area contributed by atoms with Crippen LogP contribution in [0.2, 0.25) is 0 Å². The summed E-state index contributed by atoms with van der Waals surface area (Å²) in [6.07, 6.45) is 3.92. The largest absolute Gasteiger partial charge is 0.446 e. The topological polar surface area (TPSA) is 111 Å². The Morgan fingerprint density at radius 3 is 2.05 bits per heavy atom. The maximum absolute atomic E-state index is 11.9. The second kappa shape index (κ2) is 18.6. The molecule has 11 heteroatoms. The van der Waals surface area contributed by atoms with Gasteiger partial charge in [-0.15, -0.1) is 0 Å². The van der Waals surface area contributed by atoms with Crippen molar-refractivity contribution >= 4 is 23.9 Å². The van der Waals surface area contributed by atoms with Crippen molar-refractivity contribution in [2.24, 2.45) is 4.99 Å². The van der Waals surface area contributed by atoms with Crippen LogP contribution < -0.4 is 5.32 Å². The third-order valence-corrected chi connectivity index (χ3v) is 4.89. The molecule has 1 aliphatic rings. The van der Waals surface area contributed by atoms with Crippen molar-refractivity contribution in [1.82, 2.24) is 15.3 Å². The number of pyridine rings is 2. The van der Waals surface area contributed by atoms with E-state index in [0.29, 0.717) is 31.3 Å². The van der Waals surface area contributed by atoms with Gasteiger partial charge in [-0.2, -0.15) is 13.2 Å². The Morgan fingerprint density at radius 1 is 1.12 bits per heavy atom. The molecule has 2 atom stereocenters. The number of ether oxygens (including phenoxy) is 1. The fraction of sp³-hybridized carbons (Fsp3) is 0.517. The number of nitrogens with one attached hydrogen (secondary N) is 1. The molecule has 1 amide bonds. The molecule has 0 aliphatic carbocycles. The molecule has 0 unspecified atom stereocenters. The van der Waals surface area contributed by atoms with E-state index in [1.807, 2.05) is 52.2 Å². The van der Waals surface area contributed by atoms with Gasteiger partial charge in [0.15, 0.2) is 5.78 Å². The number of hydrogen-bond acceptors (Lipinski definition) is 7. The summed E-state index contributed by atoms with van der Waals surface area (Å²) >= 11 is 0. The van der Waals surface area contributed by atoms with Gasteiger partial charge in [0.1, 0.15) is 5.60 Å². The van der Waals surface area contributed by atoms with Crippen LogP contribution in [0.25, 0.3) is 0 Å². The molecule has 0 bridgehead atoms. The van der Waals surface area contributed by atoms with E-state index in [0.717, 1.165) is 6.42 Å². The zero-order valence-corrected chi connectivity index (χ0v) is 24.0. The van der Waals surface area contributed by atoms with E-state index in [9.17, 15) is 22.8 Å². The van der Waals surface area contributed by atoms with Crippen LogP contribution in [0.5, 0.6) is 0 Å². The highest BCUT2D eigenvalue weighted by Crippen LogP contribution is 2.17. The molecule has 8 nitrogen and oxygen atoms in total. The number of carbonyl (C=O) groups is 3. The van der Waals surface area contributed by atoms with Crippen molar-refractivity contribution in [3.63, 3.8) is 0 Å². The number of alkyl carbamates (subject to hydrolysis) is 1. The van der Waals surface area contributed by atoms with E-state index in [4.69, 9.17) is 10.9 Å². The summed E-state index contributed by atoms with van der Waals surface area (Å²) in [5, 5.41) is 2.72. The molecule has 0 fully saturated rings. The summed E-state index contributed by atoms with van der Waals surface area (Å²) in [5.74, 6) is 0.0465. The maximum Gasteiger partial charge on any atom is 0.446 e. The molecule has 0 saturated carbocycles. The van der Waals surface area contributed by atoms with Gasteiger partial charge in [0.25, 0.3) is 0 Å². The van der Waals surface area contributed by atoms with Crippen LogP contribution in [0.1, 0.15) is 91.4 Å². The van der Waals surface area contributed by atoms with Crippen LogP contribution in [-0.2, 0) is 9.53 Å². The highest BCUT2D eigenvalue weighted by molar-refractivity contribution is 6.01. The molecule has 222 valence electrons. The van der Waals surface area contributed by atoms with Gasteiger partial charge in [0.05, 0.1) is 0 Å². The second-order valence-electron chi connectivity index (χ2n) is 9.60. The van der Waals surface area contributed by atoms with Gasteiger partial charge in [-0.1, -0.05) is 13.8 Å². The average Bonchev–Trinajstić information content (AvgIpc) is 3.34. The molecule has 1 aliphatic heterocycles. The number of rotatable bonds is 6. The monoisotopic (exact) mass is 567 g/mol. The molecule has 0 spiro atoms. The molecule has 1 N–H and O–H groups in total. The first kappa shape index (κ1) is 34.4. The van der Waals surface area contributed by atoms with Crippen molar-refractivity contribution in [2.75, 3.05) is 0 Å². The van der Waals surface area contributed by atoms with Gasteiger partial charge in [-0.05, 0) is 83.7 Å². The predicted octanol–water partition coefficient (Wildman–Crippen LogP) is 6.78. The number of aromatic nitrogens is 2. The SMILES string of the molecule is C[C@@H](CCC(=O)c1ccncc1)NC(=O)OC(C)(C)C.C[C@H]1CCC(c2ccncc2)=N1.O=CC(F)(F)F.[2H]CC. The van der Waals surface area contributed by atoms with Crippen LogP contribution in [0.3, 0.4) is 0 Å². The molecule has 2 aromatic heterocycles. The number of hydrogen-bond donors (Lipinski definition) is 1. The maximum atomic E-state index is 11.9. The second-order valence-corrected chi connectivity index (χ2v) is 9.60. The minimum absolute atomic E-state index is 0.0465. The third kappa shape index (κ3) is 17.8. The fourth-order valence-corrected chi connectivity index (χ4v) is 3.11. The number of carbonyl (C=O) groups excluding carboxylic acids is 3. The van der Waals surface area contributed by atoms with Crippen LogP contribution in [-0.4, -0.2) is 57.7 Å². The summed E-state index contributed by atoms with van der Waals surface area (Å²) in [4.78, 5) is 44.5. The van der Waals surface area contributed by atoms with E-state index in [1.165, 1.54) is 17.7 Å². The number of halogens is 3. The quantitative estimate of drug-likeness (QED) is 0.304. The van der Waals surface area contributed by atoms with Gasteiger partial charge in [0.2, 0.25) is 6.29 Å². The van der Waals surface area contributed by atoms with Crippen LogP contribution >= 0.6 is 0 Å². The molecule has 2 aromatic rings. The Morgan fingerprint density at radius 2 is 1.62 bits per heavy atom. The van der Waals surface area contributed by atoms with Crippen molar-refractivity contribution in [3.05, 3.63) is 60.2 Å². The number of alkyl halides is 3. The molecule has 0 radical (unpaired) electrons. The van der Waals surface area contributed by atoms with E-state index < -0.39 is 24.2 Å². The Balaban J connectivity index is 0.000000638. The molecule has 0 aromatic carbocycles. The summed E-state index contributed by atoms with van der Waals surface area (Å²) in [6.45, 7) is 11.7. The summed E-state index contributed by atoms with van der Waals surface area (Å²) in [5.41, 5.74) is 2.60. The lowest BCUT2D eigenvalue weighted by atomic mass is 10.1. The molecule has 0 saturated heterocycles. The van der Waals surface area contributed by atoms with Gasteiger partial charge in [-0.25, -0.2) is 4.79 Å². The normalized spacial score (nSPS) is 15.2. The molecule has 40 heavy (non-hydrogen) atoms. The van der Waals surface area contributed by atoms with Crippen molar-refractivity contribution in [2.45, 2.75) is 98.0 Å². The zero-order valence-electron chi connectivity index (χ0n) is 25.0. The first-order valence-electron chi connectivity index (χ1n) is 13.5.